The summed E-state index contributed by atoms with van der Waals surface area (Å²) in [6, 6.07) is 0. The van der Waals surface area contributed by atoms with Crippen LogP contribution in [0.2, 0.25) is 0 Å². The van der Waals surface area contributed by atoms with Crippen LogP contribution in [0.25, 0.3) is 0 Å². The summed E-state index contributed by atoms with van der Waals surface area (Å²) < 4.78 is 18.4. The molecule has 0 aliphatic carbocycles. The summed E-state index contributed by atoms with van der Waals surface area (Å²) in [6.07, 6.45) is 24.6. The van der Waals surface area contributed by atoms with E-state index in [1.165, 1.54) is 83.5 Å². The van der Waals surface area contributed by atoms with E-state index in [1.807, 2.05) is 28.1 Å². The van der Waals surface area contributed by atoms with E-state index in [0.29, 0.717) is 17.5 Å². The predicted octanol–water partition coefficient (Wildman–Crippen LogP) is 8.06. The Bertz CT molecular complexity index is 460. The van der Waals surface area contributed by atoms with E-state index in [0.717, 1.165) is 12.8 Å². The van der Waals surface area contributed by atoms with E-state index in [2.05, 4.69) is 19.1 Å². The van der Waals surface area contributed by atoms with Gasteiger partial charge in [0.25, 0.3) is 0 Å². The largest absolute Gasteiger partial charge is 0.385 e. The van der Waals surface area contributed by atoms with Gasteiger partial charge in [0.05, 0.1) is 27.7 Å². The van der Waals surface area contributed by atoms with E-state index in [-0.39, 0.29) is 5.78 Å². The Morgan fingerprint density at radius 1 is 0.800 bits per heavy atom. The lowest BCUT2D eigenvalue weighted by Crippen LogP contribution is -2.44. The van der Waals surface area contributed by atoms with E-state index in [4.69, 9.17) is 4.52 Å². The molecule has 0 aliphatic rings. The molecule has 0 aromatic heterocycles. The molecule has 30 heavy (non-hydrogen) atoms. The highest BCUT2D eigenvalue weighted by Crippen LogP contribution is 2.51. The molecule has 0 radical (unpaired) electrons. The van der Waals surface area contributed by atoms with Crippen LogP contribution in [0.1, 0.15) is 117 Å². The molecule has 4 nitrogen and oxygen atoms in total. The molecular weight excluding hydrogens is 393 g/mol. The van der Waals surface area contributed by atoms with E-state index in [9.17, 15) is 9.46 Å². The van der Waals surface area contributed by atoms with Gasteiger partial charge in [0, 0.05) is 6.42 Å². The zero-order chi connectivity index (χ0) is 22.7. The summed E-state index contributed by atoms with van der Waals surface area (Å²) >= 11 is 0. The molecule has 0 saturated carbocycles. The zero-order valence-corrected chi connectivity index (χ0v) is 21.8. The van der Waals surface area contributed by atoms with Crippen molar-refractivity contribution in [3.8, 4) is 0 Å². The van der Waals surface area contributed by atoms with Crippen molar-refractivity contribution in [1.82, 2.24) is 0 Å². The second-order valence-electron chi connectivity index (χ2n) is 9.71. The second kappa shape index (κ2) is 18.4. The van der Waals surface area contributed by atoms with Crippen LogP contribution in [-0.2, 0) is 9.09 Å². The van der Waals surface area contributed by atoms with Crippen LogP contribution in [0, 0.1) is 0 Å². The van der Waals surface area contributed by atoms with Gasteiger partial charge in [-0.3, -0.25) is 4.57 Å². The molecule has 0 amide bonds. The molecular formula is C25H53NO3P+. The molecule has 0 rings (SSSR count). The monoisotopic (exact) mass is 446 g/mol. The first kappa shape index (κ1) is 29.9. The molecule has 0 spiro atoms. The van der Waals surface area contributed by atoms with Crippen molar-refractivity contribution in [1.29, 1.82) is 0 Å². The lowest BCUT2D eigenvalue weighted by Gasteiger charge is -2.35. The Labute approximate surface area is 188 Å². The second-order valence-corrected chi connectivity index (χ2v) is 11.7. The maximum atomic E-state index is 12.5. The summed E-state index contributed by atoms with van der Waals surface area (Å²) in [5, 5.41) is 0. The van der Waals surface area contributed by atoms with Crippen LogP contribution < -0.4 is 0 Å². The molecule has 1 N–H and O–H groups in total. The first-order chi connectivity index (χ1) is 14.3. The SMILES string of the molecule is CC=CCCCCCCCCCCCCCCCCOP(=O)(O)C(CC)[N+](C)(C)C. The van der Waals surface area contributed by atoms with Crippen LogP contribution >= 0.6 is 7.60 Å². The third-order valence-corrected chi connectivity index (χ3v) is 8.28. The fraction of sp³-hybridized carbons (Fsp3) is 0.920. The Morgan fingerprint density at radius 2 is 1.20 bits per heavy atom. The number of unbranched alkanes of at least 4 members (excludes halogenated alkanes) is 14. The van der Waals surface area contributed by atoms with Gasteiger partial charge in [-0.1, -0.05) is 96.1 Å². The summed E-state index contributed by atoms with van der Waals surface area (Å²) in [7, 11) is 2.31. The van der Waals surface area contributed by atoms with Crippen molar-refractivity contribution >= 4 is 7.60 Å². The minimum atomic E-state index is -3.55. The van der Waals surface area contributed by atoms with Gasteiger partial charge < -0.3 is 13.9 Å². The van der Waals surface area contributed by atoms with Gasteiger partial charge >= 0.3 is 7.60 Å². The molecule has 0 aromatic rings. The van der Waals surface area contributed by atoms with Gasteiger partial charge in [-0.15, -0.1) is 0 Å². The number of rotatable bonds is 21. The number of hydrogen-bond acceptors (Lipinski definition) is 2. The zero-order valence-electron chi connectivity index (χ0n) is 20.9. The third-order valence-electron chi connectivity index (χ3n) is 5.91. The quantitative estimate of drug-likeness (QED) is 0.0839. The van der Waals surface area contributed by atoms with Gasteiger partial charge in [0.15, 0.2) is 5.78 Å². The number of hydrogen-bond donors (Lipinski definition) is 1. The molecule has 180 valence electrons. The predicted molar refractivity (Wildman–Crippen MR) is 132 cm³/mol. The van der Waals surface area contributed by atoms with Crippen LogP contribution in [-0.4, -0.2) is 42.9 Å². The fourth-order valence-electron chi connectivity index (χ4n) is 4.15. The normalized spacial score (nSPS) is 15.5. The maximum Gasteiger partial charge on any atom is 0.385 e. The molecule has 2 unspecified atom stereocenters. The molecule has 0 aliphatic heterocycles. The van der Waals surface area contributed by atoms with Crippen LogP contribution in [0.5, 0.6) is 0 Å². The van der Waals surface area contributed by atoms with Crippen molar-refractivity contribution in [2.24, 2.45) is 0 Å². The lowest BCUT2D eigenvalue weighted by atomic mass is 10.0. The van der Waals surface area contributed by atoms with Crippen molar-refractivity contribution in [2.75, 3.05) is 27.7 Å². The molecule has 0 bridgehead atoms. The minimum Gasteiger partial charge on any atom is -0.320 e. The number of allylic oxidation sites excluding steroid dienone is 2. The Balaban J connectivity index is 3.44. The Morgan fingerprint density at radius 3 is 1.57 bits per heavy atom. The molecule has 0 saturated heterocycles. The van der Waals surface area contributed by atoms with Gasteiger partial charge in [-0.25, -0.2) is 0 Å². The van der Waals surface area contributed by atoms with E-state index < -0.39 is 7.60 Å². The van der Waals surface area contributed by atoms with Crippen LogP contribution in [0.15, 0.2) is 12.2 Å². The lowest BCUT2D eigenvalue weighted by molar-refractivity contribution is -0.883. The van der Waals surface area contributed by atoms with Crippen molar-refractivity contribution in [3.05, 3.63) is 12.2 Å². The third kappa shape index (κ3) is 16.5. The topological polar surface area (TPSA) is 46.5 Å². The van der Waals surface area contributed by atoms with Crippen molar-refractivity contribution < 1.29 is 18.5 Å². The minimum absolute atomic E-state index is 0.347. The van der Waals surface area contributed by atoms with Crippen molar-refractivity contribution in [2.45, 2.75) is 122 Å². The molecule has 0 heterocycles. The fourth-order valence-corrected chi connectivity index (χ4v) is 6.05. The average molecular weight is 447 g/mol. The van der Waals surface area contributed by atoms with E-state index in [1.54, 1.807) is 0 Å². The standard InChI is InChI=1S/C25H52NO3P/c1-6-8-9-10-11-12-13-14-15-16-17-18-19-20-21-22-23-24-29-30(27,28)25(7-2)26(3,4)5/h6,8,25H,7,9-24H2,1-5H3/p+1. The highest BCUT2D eigenvalue weighted by atomic mass is 31.2. The van der Waals surface area contributed by atoms with Gasteiger partial charge in [-0.05, 0) is 26.2 Å². The first-order valence-electron chi connectivity index (χ1n) is 12.6. The molecule has 0 aromatic carbocycles. The summed E-state index contributed by atoms with van der Waals surface area (Å²) in [5.74, 6) is -0.347. The first-order valence-corrected chi connectivity index (χ1v) is 14.3. The van der Waals surface area contributed by atoms with Crippen LogP contribution in [0.4, 0.5) is 0 Å². The van der Waals surface area contributed by atoms with E-state index >= 15 is 0 Å². The van der Waals surface area contributed by atoms with Crippen LogP contribution in [0.3, 0.4) is 0 Å². The van der Waals surface area contributed by atoms with Gasteiger partial charge in [-0.2, -0.15) is 0 Å². The number of nitrogens with zero attached hydrogens (tertiary/aromatic N) is 1. The highest BCUT2D eigenvalue weighted by Gasteiger charge is 2.41. The summed E-state index contributed by atoms with van der Waals surface area (Å²) in [6.45, 7) is 4.45. The van der Waals surface area contributed by atoms with Gasteiger partial charge in [0.1, 0.15) is 0 Å². The van der Waals surface area contributed by atoms with Gasteiger partial charge in [0.2, 0.25) is 0 Å². The highest BCUT2D eigenvalue weighted by molar-refractivity contribution is 7.53. The van der Waals surface area contributed by atoms with Crippen molar-refractivity contribution in [3.63, 3.8) is 0 Å². The molecule has 5 heteroatoms. The Kier molecular flexibility index (Phi) is 18.3. The molecule has 0 fully saturated rings. The smallest absolute Gasteiger partial charge is 0.320 e. The molecule has 2 atom stereocenters. The maximum absolute atomic E-state index is 12.5. The Hall–Kier alpha value is -0.150. The summed E-state index contributed by atoms with van der Waals surface area (Å²) in [4.78, 5) is 10.3. The number of quaternary nitrogens is 1. The summed E-state index contributed by atoms with van der Waals surface area (Å²) in [5.41, 5.74) is 0. The average Bonchev–Trinajstić information content (AvgIpc) is 2.66.